The molecule has 6 nitrogen and oxygen atoms in total. The minimum Gasteiger partial charge on any atom is -0.311 e. The Labute approximate surface area is 149 Å². The SMILES string of the molecule is CCOP(=O)(OCC)/C(=C/[NH+]1CCCCC1)NC(=O)c1ccccc1. The van der Waals surface area contributed by atoms with Gasteiger partial charge in [-0.3, -0.25) is 9.36 Å². The Morgan fingerprint density at radius 2 is 1.72 bits per heavy atom. The standard InChI is InChI=1S/C18H27N2O4P/c1-3-23-25(22,24-4-2)17(15-20-13-9-6-10-14-20)19-18(21)16-11-7-5-8-12-16/h5,7-8,11-12,15H,3-4,6,9-10,13-14H2,1-2H3,(H,19,21)/p+1/b17-15+. The van der Waals surface area contributed by atoms with Crippen molar-refractivity contribution >= 4 is 13.5 Å². The number of hydrogen-bond donors (Lipinski definition) is 2. The number of carbonyl (C=O) groups is 1. The molecule has 1 saturated heterocycles. The lowest BCUT2D eigenvalue weighted by atomic mass is 10.1. The summed E-state index contributed by atoms with van der Waals surface area (Å²) in [6.07, 6.45) is 5.24. The van der Waals surface area contributed by atoms with E-state index in [1.54, 1.807) is 38.1 Å². The van der Waals surface area contributed by atoms with E-state index >= 15 is 0 Å². The van der Waals surface area contributed by atoms with E-state index < -0.39 is 7.60 Å². The van der Waals surface area contributed by atoms with Crippen molar-refractivity contribution in [3.63, 3.8) is 0 Å². The van der Waals surface area contributed by atoms with Gasteiger partial charge in [0.05, 0.1) is 26.3 Å². The molecule has 138 valence electrons. The molecule has 0 aromatic heterocycles. The fourth-order valence-corrected chi connectivity index (χ4v) is 4.43. The van der Waals surface area contributed by atoms with Gasteiger partial charge in [-0.1, -0.05) is 18.2 Å². The average molecular weight is 367 g/mol. The van der Waals surface area contributed by atoms with Crippen LogP contribution in [0.1, 0.15) is 43.5 Å². The maximum absolute atomic E-state index is 13.2. The van der Waals surface area contributed by atoms with E-state index in [9.17, 15) is 9.36 Å². The van der Waals surface area contributed by atoms with E-state index in [4.69, 9.17) is 9.05 Å². The number of likely N-dealkylation sites (tertiary alicyclic amines) is 1. The number of hydrogen-bond acceptors (Lipinski definition) is 4. The van der Waals surface area contributed by atoms with Gasteiger partial charge in [-0.15, -0.1) is 0 Å². The highest BCUT2D eigenvalue weighted by molar-refractivity contribution is 7.58. The molecule has 1 aromatic rings. The molecule has 1 amide bonds. The zero-order chi connectivity index (χ0) is 18.1. The van der Waals surface area contributed by atoms with E-state index in [-0.39, 0.29) is 24.6 Å². The van der Waals surface area contributed by atoms with Crippen LogP contribution in [0.15, 0.2) is 42.0 Å². The normalized spacial score (nSPS) is 16.6. The Balaban J connectivity index is 2.28. The predicted octanol–water partition coefficient (Wildman–Crippen LogP) is 2.55. The molecule has 0 spiro atoms. The van der Waals surface area contributed by atoms with Crippen LogP contribution in [0.25, 0.3) is 0 Å². The van der Waals surface area contributed by atoms with Crippen LogP contribution in [0.3, 0.4) is 0 Å². The number of benzene rings is 1. The highest BCUT2D eigenvalue weighted by Crippen LogP contribution is 2.54. The fourth-order valence-electron chi connectivity index (χ4n) is 2.82. The van der Waals surface area contributed by atoms with Crippen molar-refractivity contribution < 1.29 is 23.3 Å². The number of piperidine rings is 1. The monoisotopic (exact) mass is 367 g/mol. The maximum atomic E-state index is 13.2. The summed E-state index contributed by atoms with van der Waals surface area (Å²) in [7, 11) is -3.56. The zero-order valence-corrected chi connectivity index (χ0v) is 15.9. The summed E-state index contributed by atoms with van der Waals surface area (Å²) in [6, 6.07) is 8.86. The van der Waals surface area contributed by atoms with Gasteiger partial charge in [0.2, 0.25) is 0 Å². The third kappa shape index (κ3) is 5.79. The quantitative estimate of drug-likeness (QED) is 0.693. The molecule has 0 atom stereocenters. The first-order valence-corrected chi connectivity index (χ1v) is 10.5. The Kier molecular flexibility index (Phi) is 7.85. The van der Waals surface area contributed by atoms with Gasteiger partial charge in [-0.05, 0) is 45.2 Å². The topological polar surface area (TPSA) is 69.1 Å². The molecule has 0 bridgehead atoms. The second-order valence-corrected chi connectivity index (χ2v) is 7.89. The van der Waals surface area contributed by atoms with Gasteiger partial charge in [0.25, 0.3) is 5.91 Å². The summed E-state index contributed by atoms with van der Waals surface area (Å²) in [4.78, 5) is 13.7. The van der Waals surface area contributed by atoms with E-state index in [0.29, 0.717) is 5.56 Å². The largest absolute Gasteiger partial charge is 0.382 e. The molecule has 0 saturated carbocycles. The summed E-state index contributed by atoms with van der Waals surface area (Å²) < 4.78 is 24.1. The molecule has 2 N–H and O–H groups in total. The first-order chi connectivity index (χ1) is 12.1. The van der Waals surface area contributed by atoms with Crippen molar-refractivity contribution in [2.45, 2.75) is 33.1 Å². The van der Waals surface area contributed by atoms with E-state index in [0.717, 1.165) is 25.9 Å². The van der Waals surface area contributed by atoms with Crippen LogP contribution in [0.5, 0.6) is 0 Å². The zero-order valence-electron chi connectivity index (χ0n) is 15.0. The lowest BCUT2D eigenvalue weighted by Gasteiger charge is -2.24. The number of carbonyl (C=O) groups excluding carboxylic acids is 1. The number of amides is 1. The van der Waals surface area contributed by atoms with Gasteiger partial charge in [0, 0.05) is 5.56 Å². The minimum absolute atomic E-state index is 0.238. The molecular formula is C18H28N2O4P+. The molecule has 1 aromatic carbocycles. The number of rotatable bonds is 8. The van der Waals surface area contributed by atoms with Gasteiger partial charge in [-0.2, -0.15) is 0 Å². The highest BCUT2D eigenvalue weighted by Gasteiger charge is 2.34. The van der Waals surface area contributed by atoms with Crippen molar-refractivity contribution in [1.82, 2.24) is 5.32 Å². The molecule has 2 rings (SSSR count). The van der Waals surface area contributed by atoms with Gasteiger partial charge >= 0.3 is 7.60 Å². The second kappa shape index (κ2) is 9.88. The summed E-state index contributed by atoms with van der Waals surface area (Å²) in [6.45, 7) is 5.90. The van der Waals surface area contributed by atoms with E-state index in [2.05, 4.69) is 5.32 Å². The smallest absolute Gasteiger partial charge is 0.311 e. The van der Waals surface area contributed by atoms with Gasteiger partial charge in [-0.25, -0.2) is 0 Å². The predicted molar refractivity (Wildman–Crippen MR) is 97.4 cm³/mol. The molecule has 0 radical (unpaired) electrons. The summed E-state index contributed by atoms with van der Waals surface area (Å²) in [5, 5.41) is 2.78. The van der Waals surface area contributed by atoms with Crippen molar-refractivity contribution in [2.24, 2.45) is 0 Å². The molecule has 0 aliphatic carbocycles. The molecule has 0 unspecified atom stereocenters. The first kappa shape index (κ1) is 19.9. The third-order valence-corrected chi connectivity index (χ3v) is 6.03. The average Bonchev–Trinajstić information content (AvgIpc) is 2.63. The Bertz CT molecular complexity index is 617. The summed E-state index contributed by atoms with van der Waals surface area (Å²) in [5.41, 5.74) is 0.739. The minimum atomic E-state index is -3.56. The molecule has 1 aliphatic rings. The van der Waals surface area contributed by atoms with Crippen molar-refractivity contribution in [3.05, 3.63) is 47.5 Å². The summed E-state index contributed by atoms with van der Waals surface area (Å²) in [5.74, 6) is -0.317. The third-order valence-electron chi connectivity index (χ3n) is 4.01. The Morgan fingerprint density at radius 1 is 1.12 bits per heavy atom. The first-order valence-electron chi connectivity index (χ1n) is 8.91. The highest BCUT2D eigenvalue weighted by atomic mass is 31.2. The van der Waals surface area contributed by atoms with Crippen LogP contribution in [-0.2, 0) is 13.6 Å². The van der Waals surface area contributed by atoms with E-state index in [1.807, 2.05) is 12.3 Å². The Hall–Kier alpha value is -1.46. The van der Waals surface area contributed by atoms with Crippen LogP contribution in [0.2, 0.25) is 0 Å². The lowest BCUT2D eigenvalue weighted by Crippen LogP contribution is -3.08. The number of nitrogens with one attached hydrogen (secondary N) is 2. The Morgan fingerprint density at radius 3 is 2.28 bits per heavy atom. The van der Waals surface area contributed by atoms with Crippen molar-refractivity contribution in [1.29, 1.82) is 0 Å². The molecule has 1 aliphatic heterocycles. The van der Waals surface area contributed by atoms with Crippen LogP contribution in [-0.4, -0.2) is 32.2 Å². The van der Waals surface area contributed by atoms with Crippen LogP contribution < -0.4 is 10.2 Å². The molecule has 1 heterocycles. The van der Waals surface area contributed by atoms with Crippen LogP contribution in [0, 0.1) is 0 Å². The molecule has 1 fully saturated rings. The van der Waals surface area contributed by atoms with Crippen molar-refractivity contribution in [2.75, 3.05) is 26.3 Å². The van der Waals surface area contributed by atoms with Crippen molar-refractivity contribution in [3.8, 4) is 0 Å². The van der Waals surface area contributed by atoms with E-state index in [1.165, 1.54) is 11.3 Å². The summed E-state index contributed by atoms with van der Waals surface area (Å²) >= 11 is 0. The van der Waals surface area contributed by atoms with Gasteiger partial charge in [0.15, 0.2) is 5.44 Å². The molecule has 7 heteroatoms. The van der Waals surface area contributed by atoms with Crippen LogP contribution >= 0.6 is 7.60 Å². The lowest BCUT2D eigenvalue weighted by molar-refractivity contribution is -0.852. The number of quaternary nitrogens is 1. The maximum Gasteiger partial charge on any atom is 0.382 e. The fraction of sp³-hybridized carbons (Fsp3) is 0.500. The molecule has 25 heavy (non-hydrogen) atoms. The second-order valence-electron chi connectivity index (χ2n) is 5.90. The van der Waals surface area contributed by atoms with Gasteiger partial charge in [0.1, 0.15) is 6.20 Å². The van der Waals surface area contributed by atoms with Gasteiger partial charge < -0.3 is 19.3 Å². The molecular weight excluding hydrogens is 339 g/mol. The van der Waals surface area contributed by atoms with Crippen LogP contribution in [0.4, 0.5) is 0 Å².